The quantitative estimate of drug-likeness (QED) is 0.500. The lowest BCUT2D eigenvalue weighted by atomic mass is 10.1. The van der Waals surface area contributed by atoms with Crippen LogP contribution in [0.4, 0.5) is 4.39 Å². The highest BCUT2D eigenvalue weighted by Gasteiger charge is 2.27. The van der Waals surface area contributed by atoms with E-state index in [2.05, 4.69) is 17.0 Å². The summed E-state index contributed by atoms with van der Waals surface area (Å²) in [5, 5.41) is 0. The van der Waals surface area contributed by atoms with Gasteiger partial charge >= 0.3 is 0 Å². The Balaban J connectivity index is 3.04. The maximum atomic E-state index is 13.6. The molecule has 0 fully saturated rings. The fourth-order valence-corrected chi connectivity index (χ4v) is 1.92. The molecular weight excluding hydrogens is 257 g/mol. The Labute approximate surface area is 110 Å². The average molecular weight is 273 g/mol. The molecule has 0 spiro atoms. The van der Waals surface area contributed by atoms with E-state index >= 15 is 0 Å². The van der Waals surface area contributed by atoms with Gasteiger partial charge in [-0.1, -0.05) is 4.40 Å². The number of nitrogens with zero attached hydrogens (tertiary/aromatic N) is 1. The second-order valence-corrected chi connectivity index (χ2v) is 7.12. The van der Waals surface area contributed by atoms with Gasteiger partial charge in [-0.3, -0.25) is 0 Å². The molecule has 0 aromatic heterocycles. The summed E-state index contributed by atoms with van der Waals surface area (Å²) in [6.07, 6.45) is 0. The third kappa shape index (κ3) is 4.01. The average Bonchev–Trinajstić information content (AvgIpc) is 2.15. The van der Waals surface area contributed by atoms with Crippen molar-refractivity contribution in [3.8, 4) is 0 Å². The zero-order chi connectivity index (χ0) is 13.2. The predicted octanol–water partition coefficient (Wildman–Crippen LogP) is 3.39. The second-order valence-electron chi connectivity index (χ2n) is 4.70. The number of rotatable bonds is 2. The van der Waals surface area contributed by atoms with Crippen LogP contribution in [0.15, 0.2) is 27.5 Å². The lowest BCUT2D eigenvalue weighted by Gasteiger charge is -2.18. The summed E-state index contributed by atoms with van der Waals surface area (Å²) in [4.78, 5) is 0.552. The zero-order valence-corrected chi connectivity index (χ0v) is 12.0. The van der Waals surface area contributed by atoms with E-state index in [0.29, 0.717) is 16.2 Å². The molecule has 0 N–H and O–H groups in total. The molecule has 0 saturated carbocycles. The Morgan fingerprint density at radius 2 is 2.00 bits per heavy atom. The summed E-state index contributed by atoms with van der Waals surface area (Å²) in [7, 11) is 0. The van der Waals surface area contributed by atoms with Gasteiger partial charge in [-0.05, 0) is 45.9 Å². The smallest absolute Gasteiger partial charge is 0.144 e. The van der Waals surface area contributed by atoms with Crippen LogP contribution < -0.4 is 0 Å². The maximum Gasteiger partial charge on any atom is 0.144 e. The number of hydrogen-bond donors (Lipinski definition) is 1. The lowest BCUT2D eigenvalue weighted by molar-refractivity contribution is 0.561. The van der Waals surface area contributed by atoms with Crippen LogP contribution in [0, 0.1) is 5.82 Å². The molecule has 0 amide bonds. The SMILES string of the molecule is C/C(=N\[S@@+]([O-])C(C)(C)C)c1ccc(S)cc1F. The Morgan fingerprint density at radius 1 is 1.41 bits per heavy atom. The first-order chi connectivity index (χ1) is 7.71. The minimum absolute atomic E-state index is 0.361. The molecule has 0 unspecified atom stereocenters. The Morgan fingerprint density at radius 3 is 2.47 bits per heavy atom. The van der Waals surface area contributed by atoms with Gasteiger partial charge in [0.15, 0.2) is 0 Å². The molecular formula is C12H16FNOS2. The largest absolute Gasteiger partial charge is 0.591 e. The number of benzene rings is 1. The molecule has 1 rings (SSSR count). The van der Waals surface area contributed by atoms with E-state index in [1.54, 1.807) is 19.1 Å². The summed E-state index contributed by atoms with van der Waals surface area (Å²) in [6.45, 7) is 7.13. The Bertz CT molecular complexity index is 441. The van der Waals surface area contributed by atoms with Crippen LogP contribution in [0.5, 0.6) is 0 Å². The van der Waals surface area contributed by atoms with Gasteiger partial charge in [-0.25, -0.2) is 4.39 Å². The van der Waals surface area contributed by atoms with Gasteiger partial charge in [-0.15, -0.1) is 12.6 Å². The third-order valence-corrected chi connectivity index (χ3v) is 3.85. The zero-order valence-electron chi connectivity index (χ0n) is 10.3. The highest BCUT2D eigenvalue weighted by molar-refractivity contribution is 7.91. The molecule has 0 saturated heterocycles. The van der Waals surface area contributed by atoms with Gasteiger partial charge in [0.1, 0.15) is 21.9 Å². The first-order valence-electron chi connectivity index (χ1n) is 5.18. The van der Waals surface area contributed by atoms with E-state index in [4.69, 9.17) is 0 Å². The molecule has 5 heteroatoms. The standard InChI is InChI=1S/C12H16FNOS2/c1-8(14-17(15)12(2,3)4)10-6-5-9(16)7-11(10)13/h5-7,16H,1-4H3/b14-8+/t17-/m0/s1. The summed E-state index contributed by atoms with van der Waals surface area (Å²) in [5.41, 5.74) is 0.796. The predicted molar refractivity (Wildman–Crippen MR) is 73.8 cm³/mol. The number of halogens is 1. The molecule has 17 heavy (non-hydrogen) atoms. The van der Waals surface area contributed by atoms with Gasteiger partial charge in [0, 0.05) is 10.5 Å². The van der Waals surface area contributed by atoms with Crippen molar-refractivity contribution in [1.82, 2.24) is 0 Å². The molecule has 0 bridgehead atoms. The molecule has 2 nitrogen and oxygen atoms in total. The van der Waals surface area contributed by atoms with Crippen molar-refractivity contribution in [3.63, 3.8) is 0 Å². The van der Waals surface area contributed by atoms with Crippen LogP contribution in [0.1, 0.15) is 33.3 Å². The molecule has 1 aromatic carbocycles. The lowest BCUT2D eigenvalue weighted by Crippen LogP contribution is -2.26. The van der Waals surface area contributed by atoms with Gasteiger partial charge in [-0.2, -0.15) is 0 Å². The Kier molecular flexibility index (Phi) is 4.63. The molecule has 0 aliphatic heterocycles. The van der Waals surface area contributed by atoms with Gasteiger partial charge in [0.05, 0.1) is 5.71 Å². The van der Waals surface area contributed by atoms with Crippen LogP contribution >= 0.6 is 12.6 Å². The van der Waals surface area contributed by atoms with Crippen molar-refractivity contribution >= 4 is 29.7 Å². The van der Waals surface area contributed by atoms with Crippen LogP contribution in [-0.4, -0.2) is 15.0 Å². The second kappa shape index (κ2) is 5.42. The van der Waals surface area contributed by atoms with Crippen molar-refractivity contribution in [2.24, 2.45) is 4.40 Å². The minimum atomic E-state index is -1.38. The molecule has 0 heterocycles. The van der Waals surface area contributed by atoms with E-state index in [9.17, 15) is 8.94 Å². The molecule has 94 valence electrons. The minimum Gasteiger partial charge on any atom is -0.591 e. The number of hydrogen-bond acceptors (Lipinski definition) is 3. The van der Waals surface area contributed by atoms with Crippen LogP contribution in [-0.2, 0) is 11.4 Å². The molecule has 1 atom stereocenters. The van der Waals surface area contributed by atoms with Gasteiger partial charge in [0.2, 0.25) is 0 Å². The van der Waals surface area contributed by atoms with Crippen LogP contribution in [0.25, 0.3) is 0 Å². The summed E-state index contributed by atoms with van der Waals surface area (Å²) >= 11 is 2.67. The van der Waals surface area contributed by atoms with E-state index in [0.717, 1.165) is 0 Å². The summed E-state index contributed by atoms with van der Waals surface area (Å²) in [6, 6.07) is 4.59. The number of thiol groups is 1. The van der Waals surface area contributed by atoms with Crippen molar-refractivity contribution in [3.05, 3.63) is 29.6 Å². The van der Waals surface area contributed by atoms with Crippen molar-refractivity contribution in [2.45, 2.75) is 37.3 Å². The highest BCUT2D eigenvalue weighted by Crippen LogP contribution is 2.20. The van der Waals surface area contributed by atoms with Crippen LogP contribution in [0.3, 0.4) is 0 Å². The molecule has 0 radical (unpaired) electrons. The van der Waals surface area contributed by atoms with Crippen molar-refractivity contribution < 1.29 is 8.94 Å². The summed E-state index contributed by atoms with van der Waals surface area (Å²) < 4.78 is 29.0. The highest BCUT2D eigenvalue weighted by atomic mass is 32.2. The summed E-state index contributed by atoms with van der Waals surface area (Å²) in [5.74, 6) is -0.398. The van der Waals surface area contributed by atoms with Gasteiger partial charge < -0.3 is 4.55 Å². The topological polar surface area (TPSA) is 35.4 Å². The first-order valence-corrected chi connectivity index (χ1v) is 6.73. The van der Waals surface area contributed by atoms with Gasteiger partial charge in [0.25, 0.3) is 0 Å². The molecule has 0 aliphatic carbocycles. The fraction of sp³-hybridized carbons (Fsp3) is 0.417. The van der Waals surface area contributed by atoms with E-state index < -0.39 is 21.9 Å². The van der Waals surface area contributed by atoms with Crippen molar-refractivity contribution in [1.29, 1.82) is 0 Å². The van der Waals surface area contributed by atoms with E-state index in [1.807, 2.05) is 20.8 Å². The normalized spacial score (nSPS) is 14.9. The monoisotopic (exact) mass is 273 g/mol. The van der Waals surface area contributed by atoms with Crippen molar-refractivity contribution in [2.75, 3.05) is 0 Å². The van der Waals surface area contributed by atoms with E-state index in [-0.39, 0.29) is 0 Å². The third-order valence-electron chi connectivity index (χ3n) is 2.09. The fourth-order valence-electron chi connectivity index (χ4n) is 1.11. The molecule has 1 aromatic rings. The first kappa shape index (κ1) is 14.5. The van der Waals surface area contributed by atoms with E-state index in [1.165, 1.54) is 6.07 Å². The Hall–Kier alpha value is -0.520. The maximum absolute atomic E-state index is 13.6. The molecule has 0 aliphatic rings. The van der Waals surface area contributed by atoms with Crippen LogP contribution in [0.2, 0.25) is 0 Å².